The number of rotatable bonds is 2. The molecule has 0 aliphatic heterocycles. The van der Waals surface area contributed by atoms with E-state index in [9.17, 15) is 4.79 Å². The van der Waals surface area contributed by atoms with Crippen LogP contribution < -0.4 is 5.32 Å². The summed E-state index contributed by atoms with van der Waals surface area (Å²) in [4.78, 5) is 16.0. The molecule has 0 aliphatic rings. The van der Waals surface area contributed by atoms with Crippen molar-refractivity contribution < 1.29 is 4.79 Å². The zero-order valence-electron chi connectivity index (χ0n) is 9.58. The Bertz CT molecular complexity index is 584. The summed E-state index contributed by atoms with van der Waals surface area (Å²) in [5.41, 5.74) is 2.02. The topological polar surface area (TPSA) is 42.0 Å². The molecule has 1 aromatic heterocycles. The van der Waals surface area contributed by atoms with E-state index in [0.29, 0.717) is 11.3 Å². The lowest BCUT2D eigenvalue weighted by molar-refractivity contribution is 0.102. The quantitative estimate of drug-likeness (QED) is 0.846. The van der Waals surface area contributed by atoms with Crippen molar-refractivity contribution >= 4 is 39.1 Å². The molecule has 0 fully saturated rings. The number of halogens is 2. The molecule has 1 heterocycles. The fourth-order valence-corrected chi connectivity index (χ4v) is 1.85. The Morgan fingerprint density at radius 3 is 2.67 bits per heavy atom. The van der Waals surface area contributed by atoms with Gasteiger partial charge >= 0.3 is 0 Å². The largest absolute Gasteiger partial charge is 0.319 e. The third-order valence-electron chi connectivity index (χ3n) is 2.33. The minimum Gasteiger partial charge on any atom is -0.319 e. The van der Waals surface area contributed by atoms with E-state index in [2.05, 4.69) is 26.2 Å². The molecule has 92 valence electrons. The van der Waals surface area contributed by atoms with E-state index >= 15 is 0 Å². The lowest BCUT2D eigenvalue weighted by atomic mass is 10.2. The maximum atomic E-state index is 12.0. The molecule has 0 spiro atoms. The Labute approximate surface area is 118 Å². The molecule has 2 rings (SSSR count). The van der Waals surface area contributed by atoms with Crippen molar-refractivity contribution in [1.29, 1.82) is 0 Å². The van der Waals surface area contributed by atoms with Crippen molar-refractivity contribution in [2.45, 2.75) is 6.92 Å². The van der Waals surface area contributed by atoms with Gasteiger partial charge in [-0.25, -0.2) is 4.98 Å². The van der Waals surface area contributed by atoms with Gasteiger partial charge in [0, 0.05) is 16.2 Å². The number of hydrogen-bond acceptors (Lipinski definition) is 2. The highest BCUT2D eigenvalue weighted by atomic mass is 79.9. The monoisotopic (exact) mass is 324 g/mol. The molecule has 0 unspecified atom stereocenters. The smallest absolute Gasteiger partial charge is 0.255 e. The molecule has 0 radical (unpaired) electrons. The summed E-state index contributed by atoms with van der Waals surface area (Å²) in [5.74, 6) is -0.211. The third-order valence-corrected chi connectivity index (χ3v) is 3.16. The molecule has 18 heavy (non-hydrogen) atoms. The number of nitrogens with zero attached hydrogens (tertiary/aromatic N) is 1. The normalized spacial score (nSPS) is 10.2. The first kappa shape index (κ1) is 13.1. The summed E-state index contributed by atoms with van der Waals surface area (Å²) < 4.78 is 0.925. The van der Waals surface area contributed by atoms with Crippen molar-refractivity contribution in [1.82, 2.24) is 4.98 Å². The van der Waals surface area contributed by atoms with Crippen LogP contribution in [0.15, 0.2) is 41.0 Å². The second-order valence-electron chi connectivity index (χ2n) is 3.81. The van der Waals surface area contributed by atoms with Crippen molar-refractivity contribution in [3.63, 3.8) is 0 Å². The Morgan fingerprint density at radius 2 is 2.00 bits per heavy atom. The van der Waals surface area contributed by atoms with Crippen LogP contribution in [0.25, 0.3) is 0 Å². The van der Waals surface area contributed by atoms with Crippen molar-refractivity contribution in [2.24, 2.45) is 0 Å². The van der Waals surface area contributed by atoms with E-state index in [1.165, 1.54) is 0 Å². The molecular weight excluding hydrogens is 316 g/mol. The molecule has 0 atom stereocenters. The molecule has 1 N–H and O–H groups in total. The average molecular weight is 326 g/mol. The Hall–Kier alpha value is -1.39. The van der Waals surface area contributed by atoms with Gasteiger partial charge in [-0.2, -0.15) is 0 Å². The summed E-state index contributed by atoms with van der Waals surface area (Å²) in [6, 6.07) is 8.87. The average Bonchev–Trinajstić information content (AvgIpc) is 2.34. The van der Waals surface area contributed by atoms with Crippen LogP contribution in [0.3, 0.4) is 0 Å². The minimum atomic E-state index is -0.211. The maximum absolute atomic E-state index is 12.0. The molecular formula is C13H10BrClN2O. The Kier molecular flexibility index (Phi) is 3.99. The van der Waals surface area contributed by atoms with Crippen molar-refractivity contribution in [3.05, 3.63) is 57.3 Å². The zero-order valence-corrected chi connectivity index (χ0v) is 11.9. The number of hydrogen-bond donors (Lipinski definition) is 1. The second kappa shape index (κ2) is 5.50. The van der Waals surface area contributed by atoms with Gasteiger partial charge in [-0.3, -0.25) is 4.79 Å². The number of nitrogens with one attached hydrogen (secondary N) is 1. The number of carbonyl (C=O) groups is 1. The van der Waals surface area contributed by atoms with Gasteiger partial charge in [-0.15, -0.1) is 0 Å². The molecule has 0 saturated carbocycles. The summed E-state index contributed by atoms with van der Waals surface area (Å²) >= 11 is 9.24. The number of anilines is 1. The van der Waals surface area contributed by atoms with E-state index < -0.39 is 0 Å². The molecule has 0 saturated heterocycles. The number of amides is 1. The lowest BCUT2D eigenvalue weighted by Crippen LogP contribution is -2.12. The first-order chi connectivity index (χ1) is 8.56. The highest BCUT2D eigenvalue weighted by molar-refractivity contribution is 9.10. The lowest BCUT2D eigenvalue weighted by Gasteiger charge is -2.07. The molecule has 0 aliphatic carbocycles. The molecule has 5 heteroatoms. The van der Waals surface area contributed by atoms with Gasteiger partial charge < -0.3 is 5.32 Å². The molecule has 1 aromatic carbocycles. The van der Waals surface area contributed by atoms with Gasteiger partial charge in [-0.1, -0.05) is 27.5 Å². The van der Waals surface area contributed by atoms with Gasteiger partial charge in [0.05, 0.1) is 5.69 Å². The van der Waals surface area contributed by atoms with Crippen LogP contribution in [0.1, 0.15) is 15.9 Å². The van der Waals surface area contributed by atoms with Gasteiger partial charge in [0.1, 0.15) is 0 Å². The van der Waals surface area contributed by atoms with Crippen LogP contribution in [-0.2, 0) is 0 Å². The SMILES string of the molecule is Cc1cnc(Cl)c(NC(=O)c2ccc(Br)cc2)c1. The highest BCUT2D eigenvalue weighted by Gasteiger charge is 2.09. The zero-order chi connectivity index (χ0) is 13.1. The van der Waals surface area contributed by atoms with Crippen molar-refractivity contribution in [3.8, 4) is 0 Å². The van der Waals surface area contributed by atoms with E-state index in [0.717, 1.165) is 10.0 Å². The number of aryl methyl sites for hydroxylation is 1. The Morgan fingerprint density at radius 1 is 1.33 bits per heavy atom. The minimum absolute atomic E-state index is 0.211. The summed E-state index contributed by atoms with van der Waals surface area (Å²) in [6.07, 6.45) is 1.65. The van der Waals surface area contributed by atoms with Crippen LogP contribution in [0.4, 0.5) is 5.69 Å². The highest BCUT2D eigenvalue weighted by Crippen LogP contribution is 2.21. The predicted octanol–water partition coefficient (Wildman–Crippen LogP) is 4.06. The molecule has 2 aromatic rings. The van der Waals surface area contributed by atoms with Gasteiger partial charge in [0.2, 0.25) is 0 Å². The second-order valence-corrected chi connectivity index (χ2v) is 5.09. The number of carbonyl (C=O) groups excluding carboxylic acids is 1. The van der Waals surface area contributed by atoms with Crippen LogP contribution in [0.5, 0.6) is 0 Å². The number of benzene rings is 1. The predicted molar refractivity (Wildman–Crippen MR) is 76.1 cm³/mol. The first-order valence-corrected chi connectivity index (χ1v) is 6.42. The van der Waals surface area contributed by atoms with Crippen molar-refractivity contribution in [2.75, 3.05) is 5.32 Å². The van der Waals surface area contributed by atoms with Crippen LogP contribution in [0.2, 0.25) is 5.15 Å². The summed E-state index contributed by atoms with van der Waals surface area (Å²) in [7, 11) is 0. The van der Waals surface area contributed by atoms with E-state index in [1.807, 2.05) is 19.1 Å². The molecule has 1 amide bonds. The van der Waals surface area contributed by atoms with Crippen LogP contribution in [0, 0.1) is 6.92 Å². The molecule has 3 nitrogen and oxygen atoms in total. The fourth-order valence-electron chi connectivity index (χ4n) is 1.44. The number of aromatic nitrogens is 1. The number of pyridine rings is 1. The van der Waals surface area contributed by atoms with Crippen LogP contribution in [-0.4, -0.2) is 10.9 Å². The third kappa shape index (κ3) is 3.09. The maximum Gasteiger partial charge on any atom is 0.255 e. The summed E-state index contributed by atoms with van der Waals surface area (Å²) in [5, 5.41) is 3.02. The van der Waals surface area contributed by atoms with E-state index in [-0.39, 0.29) is 11.1 Å². The van der Waals surface area contributed by atoms with E-state index in [4.69, 9.17) is 11.6 Å². The summed E-state index contributed by atoms with van der Waals surface area (Å²) in [6.45, 7) is 1.89. The van der Waals surface area contributed by atoms with Gasteiger partial charge in [0.15, 0.2) is 5.15 Å². The van der Waals surface area contributed by atoms with Crippen LogP contribution >= 0.6 is 27.5 Å². The molecule has 0 bridgehead atoms. The Balaban J connectivity index is 2.21. The van der Waals surface area contributed by atoms with Gasteiger partial charge in [0.25, 0.3) is 5.91 Å². The van der Waals surface area contributed by atoms with E-state index in [1.54, 1.807) is 24.4 Å². The fraction of sp³-hybridized carbons (Fsp3) is 0.0769. The standard InChI is InChI=1S/C13H10BrClN2O/c1-8-6-11(12(15)16-7-8)17-13(18)9-2-4-10(14)5-3-9/h2-7H,1H3,(H,17,18). The van der Waals surface area contributed by atoms with Gasteiger partial charge in [-0.05, 0) is 42.8 Å². The first-order valence-electron chi connectivity index (χ1n) is 5.25.